The quantitative estimate of drug-likeness (QED) is 0.681. The summed E-state index contributed by atoms with van der Waals surface area (Å²) in [4.78, 5) is 11.5. The van der Waals surface area contributed by atoms with Gasteiger partial charge in [-0.2, -0.15) is 4.98 Å². The van der Waals surface area contributed by atoms with Gasteiger partial charge in [0.2, 0.25) is 18.1 Å². The Labute approximate surface area is 74.4 Å². The molecular formula is C8H6N3O2. The summed E-state index contributed by atoms with van der Waals surface area (Å²) in [6.07, 6.45) is 6.98. The number of methoxy groups -OCH3 is 1. The van der Waals surface area contributed by atoms with Crippen LogP contribution in [0.3, 0.4) is 0 Å². The van der Waals surface area contributed by atoms with E-state index in [2.05, 4.69) is 21.3 Å². The average Bonchev–Trinajstić information content (AvgIpc) is 2.70. The van der Waals surface area contributed by atoms with Gasteiger partial charge in [-0.05, 0) is 0 Å². The molecule has 0 fully saturated rings. The molecule has 2 heterocycles. The highest BCUT2D eigenvalue weighted by Crippen LogP contribution is 2.24. The molecule has 5 heteroatoms. The van der Waals surface area contributed by atoms with Crippen LogP contribution in [-0.2, 0) is 0 Å². The van der Waals surface area contributed by atoms with Crippen molar-refractivity contribution in [2.45, 2.75) is 0 Å². The van der Waals surface area contributed by atoms with E-state index < -0.39 is 0 Å². The van der Waals surface area contributed by atoms with Crippen molar-refractivity contribution in [3.63, 3.8) is 0 Å². The molecule has 65 valence electrons. The minimum absolute atomic E-state index is 0.400. The SMILES string of the molecule is COc1n[c]ncc1-c1ncco1. The van der Waals surface area contributed by atoms with E-state index >= 15 is 0 Å². The van der Waals surface area contributed by atoms with Crippen LogP contribution in [0.15, 0.2) is 23.1 Å². The van der Waals surface area contributed by atoms with Gasteiger partial charge in [0.25, 0.3) is 0 Å². The van der Waals surface area contributed by atoms with Crippen molar-refractivity contribution >= 4 is 0 Å². The number of hydrogen-bond acceptors (Lipinski definition) is 5. The van der Waals surface area contributed by atoms with Gasteiger partial charge in [-0.25, -0.2) is 9.97 Å². The van der Waals surface area contributed by atoms with E-state index in [1.807, 2.05) is 0 Å². The molecule has 0 atom stereocenters. The van der Waals surface area contributed by atoms with Crippen molar-refractivity contribution in [2.75, 3.05) is 7.11 Å². The van der Waals surface area contributed by atoms with Crippen molar-refractivity contribution in [2.24, 2.45) is 0 Å². The van der Waals surface area contributed by atoms with Crippen LogP contribution in [0.2, 0.25) is 0 Å². The number of aromatic nitrogens is 3. The molecule has 0 aliphatic heterocycles. The fourth-order valence-electron chi connectivity index (χ4n) is 0.942. The second kappa shape index (κ2) is 3.22. The first-order valence-corrected chi connectivity index (χ1v) is 3.59. The third-order valence-corrected chi connectivity index (χ3v) is 1.49. The lowest BCUT2D eigenvalue weighted by Gasteiger charge is -2.00. The highest BCUT2D eigenvalue weighted by atomic mass is 16.5. The van der Waals surface area contributed by atoms with Crippen LogP contribution in [0.25, 0.3) is 11.5 Å². The second-order valence-electron chi connectivity index (χ2n) is 2.23. The first-order chi connectivity index (χ1) is 6.42. The molecule has 5 nitrogen and oxygen atoms in total. The predicted molar refractivity (Wildman–Crippen MR) is 42.9 cm³/mol. The largest absolute Gasteiger partial charge is 0.480 e. The lowest BCUT2D eigenvalue weighted by Crippen LogP contribution is -1.92. The van der Waals surface area contributed by atoms with Crippen LogP contribution in [0.1, 0.15) is 0 Å². The molecule has 0 spiro atoms. The average molecular weight is 176 g/mol. The maximum atomic E-state index is 5.08. The van der Waals surface area contributed by atoms with Crippen molar-refractivity contribution < 1.29 is 9.15 Å². The molecule has 0 aliphatic carbocycles. The zero-order chi connectivity index (χ0) is 9.10. The third kappa shape index (κ3) is 1.35. The van der Waals surface area contributed by atoms with Crippen LogP contribution >= 0.6 is 0 Å². The molecule has 2 aromatic heterocycles. The maximum absolute atomic E-state index is 5.08. The van der Waals surface area contributed by atoms with Gasteiger partial charge in [0.15, 0.2) is 0 Å². The van der Waals surface area contributed by atoms with Crippen LogP contribution in [-0.4, -0.2) is 22.1 Å². The van der Waals surface area contributed by atoms with Crippen molar-refractivity contribution in [1.82, 2.24) is 15.0 Å². The summed E-state index contributed by atoms with van der Waals surface area (Å²) in [6, 6.07) is 0. The summed E-state index contributed by atoms with van der Waals surface area (Å²) in [7, 11) is 1.52. The van der Waals surface area contributed by atoms with Gasteiger partial charge < -0.3 is 9.15 Å². The Kier molecular flexibility index (Phi) is 1.91. The van der Waals surface area contributed by atoms with Gasteiger partial charge in [0.05, 0.1) is 13.3 Å². The number of hydrogen-bond donors (Lipinski definition) is 0. The molecule has 0 saturated heterocycles. The first-order valence-electron chi connectivity index (χ1n) is 3.59. The molecule has 1 radical (unpaired) electrons. The van der Waals surface area contributed by atoms with Crippen LogP contribution < -0.4 is 4.74 Å². The van der Waals surface area contributed by atoms with Gasteiger partial charge in [0, 0.05) is 6.20 Å². The smallest absolute Gasteiger partial charge is 0.232 e. The molecule has 0 unspecified atom stereocenters. The van der Waals surface area contributed by atoms with Crippen molar-refractivity contribution in [3.8, 4) is 17.3 Å². The van der Waals surface area contributed by atoms with Crippen LogP contribution in [0.4, 0.5) is 0 Å². The Bertz CT molecular complexity index is 386. The topological polar surface area (TPSA) is 61.0 Å². The Morgan fingerprint density at radius 2 is 2.46 bits per heavy atom. The van der Waals surface area contributed by atoms with Gasteiger partial charge in [-0.1, -0.05) is 0 Å². The standard InChI is InChI=1S/C8H6N3O2/c1-12-7-6(4-9-5-11-7)8-10-2-3-13-8/h2-4H,1H3. The van der Waals surface area contributed by atoms with Crippen LogP contribution in [0, 0.1) is 6.33 Å². The van der Waals surface area contributed by atoms with Crippen LogP contribution in [0.5, 0.6) is 5.88 Å². The number of nitrogens with zero attached hydrogens (tertiary/aromatic N) is 3. The van der Waals surface area contributed by atoms with Crippen molar-refractivity contribution in [1.29, 1.82) is 0 Å². The first kappa shape index (κ1) is 7.72. The summed E-state index contributed by atoms with van der Waals surface area (Å²) >= 11 is 0. The summed E-state index contributed by atoms with van der Waals surface area (Å²) < 4.78 is 10.1. The molecule has 0 N–H and O–H groups in total. The second-order valence-corrected chi connectivity index (χ2v) is 2.23. The highest BCUT2D eigenvalue weighted by Gasteiger charge is 2.10. The molecule has 13 heavy (non-hydrogen) atoms. The maximum Gasteiger partial charge on any atom is 0.232 e. The minimum atomic E-state index is 0.400. The van der Waals surface area contributed by atoms with Gasteiger partial charge in [-0.3, -0.25) is 0 Å². The molecule has 0 amide bonds. The molecule has 2 aromatic rings. The van der Waals surface area contributed by atoms with E-state index in [4.69, 9.17) is 9.15 Å². The van der Waals surface area contributed by atoms with E-state index in [-0.39, 0.29) is 0 Å². The van der Waals surface area contributed by atoms with Gasteiger partial charge >= 0.3 is 0 Å². The zero-order valence-corrected chi connectivity index (χ0v) is 6.89. The lowest BCUT2D eigenvalue weighted by molar-refractivity contribution is 0.396. The normalized spacial score (nSPS) is 9.92. The summed E-state index contributed by atoms with van der Waals surface area (Å²) in [6.45, 7) is 0. The highest BCUT2D eigenvalue weighted by molar-refractivity contribution is 5.57. The minimum Gasteiger partial charge on any atom is -0.480 e. The Hall–Kier alpha value is -1.91. The third-order valence-electron chi connectivity index (χ3n) is 1.49. The van der Waals surface area contributed by atoms with Crippen molar-refractivity contribution in [3.05, 3.63) is 25.0 Å². The molecule has 0 aliphatic rings. The van der Waals surface area contributed by atoms with E-state index in [1.54, 1.807) is 6.20 Å². The molecule has 0 saturated carbocycles. The monoisotopic (exact) mass is 176 g/mol. The van der Waals surface area contributed by atoms with E-state index in [0.717, 1.165) is 0 Å². The summed E-state index contributed by atoms with van der Waals surface area (Å²) in [5, 5.41) is 0. The number of rotatable bonds is 2. The van der Waals surface area contributed by atoms with Gasteiger partial charge in [0.1, 0.15) is 11.8 Å². The molecular weight excluding hydrogens is 170 g/mol. The summed E-state index contributed by atoms with van der Waals surface area (Å²) in [5.41, 5.74) is 0.617. The fourth-order valence-corrected chi connectivity index (χ4v) is 0.942. The fraction of sp³-hybridized carbons (Fsp3) is 0.125. The van der Waals surface area contributed by atoms with E-state index in [9.17, 15) is 0 Å². The number of ether oxygens (including phenoxy) is 1. The molecule has 0 bridgehead atoms. The van der Waals surface area contributed by atoms with E-state index in [1.165, 1.54) is 19.6 Å². The lowest BCUT2D eigenvalue weighted by atomic mass is 10.3. The van der Waals surface area contributed by atoms with Gasteiger partial charge in [-0.15, -0.1) is 0 Å². The Morgan fingerprint density at radius 1 is 1.54 bits per heavy atom. The zero-order valence-electron chi connectivity index (χ0n) is 6.89. The summed E-state index contributed by atoms with van der Waals surface area (Å²) in [5.74, 6) is 0.836. The molecule has 0 aromatic carbocycles. The predicted octanol–water partition coefficient (Wildman–Crippen LogP) is 0.940. The Balaban J connectivity index is 2.51. The molecule has 2 rings (SSSR count). The van der Waals surface area contributed by atoms with E-state index in [0.29, 0.717) is 17.3 Å². The number of oxazole rings is 1. The Morgan fingerprint density at radius 3 is 3.15 bits per heavy atom.